The van der Waals surface area contributed by atoms with Crippen LogP contribution in [-0.4, -0.2) is 16.8 Å². The number of aryl methyl sites for hydroxylation is 1. The molecular formula is C15H20N4S. The lowest BCUT2D eigenvalue weighted by Gasteiger charge is -2.16. The van der Waals surface area contributed by atoms with Crippen molar-refractivity contribution in [3.8, 4) is 0 Å². The Kier molecular flexibility index (Phi) is 5.40. The molecule has 0 bridgehead atoms. The lowest BCUT2D eigenvalue weighted by atomic mass is 10.1. The molecule has 0 aliphatic rings. The average molecular weight is 288 g/mol. The molecule has 20 heavy (non-hydrogen) atoms. The van der Waals surface area contributed by atoms with Crippen LogP contribution in [-0.2, 0) is 6.42 Å². The SMILES string of the molecule is Cc1ccccc1SCC(Cc1cccnc1N)NN. The third-order valence-corrected chi connectivity index (χ3v) is 4.50. The highest BCUT2D eigenvalue weighted by molar-refractivity contribution is 7.99. The monoisotopic (exact) mass is 288 g/mol. The molecule has 0 spiro atoms. The number of hydrogen-bond donors (Lipinski definition) is 3. The van der Waals surface area contributed by atoms with E-state index in [1.165, 1.54) is 10.5 Å². The zero-order valence-electron chi connectivity index (χ0n) is 11.5. The first kappa shape index (κ1) is 14.8. The fourth-order valence-corrected chi connectivity index (χ4v) is 3.03. The smallest absolute Gasteiger partial charge is 0.126 e. The van der Waals surface area contributed by atoms with E-state index < -0.39 is 0 Å². The number of hydrazine groups is 1. The van der Waals surface area contributed by atoms with E-state index in [-0.39, 0.29) is 6.04 Å². The first-order chi connectivity index (χ1) is 9.70. The van der Waals surface area contributed by atoms with Crippen molar-refractivity contribution in [2.45, 2.75) is 24.3 Å². The average Bonchev–Trinajstić information content (AvgIpc) is 2.47. The van der Waals surface area contributed by atoms with Crippen molar-refractivity contribution in [2.24, 2.45) is 5.84 Å². The van der Waals surface area contributed by atoms with Gasteiger partial charge in [-0.05, 0) is 36.6 Å². The molecule has 4 nitrogen and oxygen atoms in total. The number of benzene rings is 1. The summed E-state index contributed by atoms with van der Waals surface area (Å²) in [5.41, 5.74) is 11.0. The van der Waals surface area contributed by atoms with Crippen LogP contribution in [0.1, 0.15) is 11.1 Å². The van der Waals surface area contributed by atoms with Crippen LogP contribution in [0.3, 0.4) is 0 Å². The van der Waals surface area contributed by atoms with Crippen LogP contribution in [0.5, 0.6) is 0 Å². The second kappa shape index (κ2) is 7.28. The summed E-state index contributed by atoms with van der Waals surface area (Å²) in [5.74, 6) is 7.11. The van der Waals surface area contributed by atoms with Gasteiger partial charge in [0.1, 0.15) is 5.82 Å². The molecule has 1 aromatic heterocycles. The molecule has 0 radical (unpaired) electrons. The number of nitrogens with zero attached hydrogens (tertiary/aromatic N) is 1. The molecule has 1 heterocycles. The van der Waals surface area contributed by atoms with E-state index in [1.54, 1.807) is 18.0 Å². The first-order valence-corrected chi connectivity index (χ1v) is 7.53. The molecule has 0 amide bonds. The largest absolute Gasteiger partial charge is 0.383 e. The normalized spacial score (nSPS) is 12.3. The maximum Gasteiger partial charge on any atom is 0.126 e. The Labute approximate surface area is 123 Å². The van der Waals surface area contributed by atoms with E-state index >= 15 is 0 Å². The quantitative estimate of drug-likeness (QED) is 0.431. The van der Waals surface area contributed by atoms with Gasteiger partial charge in [0.05, 0.1) is 0 Å². The molecule has 1 aromatic carbocycles. The molecule has 106 valence electrons. The van der Waals surface area contributed by atoms with Crippen LogP contribution < -0.4 is 17.0 Å². The number of pyridine rings is 1. The van der Waals surface area contributed by atoms with Crippen molar-refractivity contribution in [2.75, 3.05) is 11.5 Å². The summed E-state index contributed by atoms with van der Waals surface area (Å²) in [4.78, 5) is 5.39. The highest BCUT2D eigenvalue weighted by Crippen LogP contribution is 2.23. The van der Waals surface area contributed by atoms with Crippen molar-refractivity contribution in [1.29, 1.82) is 0 Å². The minimum Gasteiger partial charge on any atom is -0.383 e. The summed E-state index contributed by atoms with van der Waals surface area (Å²) in [6.45, 7) is 2.12. The fourth-order valence-electron chi connectivity index (χ4n) is 1.96. The first-order valence-electron chi connectivity index (χ1n) is 6.54. The molecule has 0 aliphatic carbocycles. The summed E-state index contributed by atoms with van der Waals surface area (Å²) in [6, 6.07) is 12.4. The van der Waals surface area contributed by atoms with Gasteiger partial charge in [0.25, 0.3) is 0 Å². The summed E-state index contributed by atoms with van der Waals surface area (Å²) in [6.07, 6.45) is 2.47. The molecule has 5 N–H and O–H groups in total. The maximum atomic E-state index is 5.87. The zero-order valence-corrected chi connectivity index (χ0v) is 12.4. The molecule has 5 heteroatoms. The Morgan fingerprint density at radius 3 is 2.75 bits per heavy atom. The topological polar surface area (TPSA) is 77.0 Å². The van der Waals surface area contributed by atoms with Crippen molar-refractivity contribution in [3.63, 3.8) is 0 Å². The lowest BCUT2D eigenvalue weighted by molar-refractivity contribution is 0.575. The van der Waals surface area contributed by atoms with E-state index in [4.69, 9.17) is 11.6 Å². The summed E-state index contributed by atoms with van der Waals surface area (Å²) in [7, 11) is 0. The van der Waals surface area contributed by atoms with Crippen LogP contribution in [0, 0.1) is 6.92 Å². The highest BCUT2D eigenvalue weighted by atomic mass is 32.2. The van der Waals surface area contributed by atoms with Gasteiger partial charge in [-0.25, -0.2) is 4.98 Å². The molecule has 2 rings (SSSR count). The molecule has 0 aliphatic heterocycles. The third kappa shape index (κ3) is 3.96. The predicted molar refractivity (Wildman–Crippen MR) is 85.4 cm³/mol. The van der Waals surface area contributed by atoms with Gasteiger partial charge in [-0.15, -0.1) is 11.8 Å². The van der Waals surface area contributed by atoms with Gasteiger partial charge in [0.15, 0.2) is 0 Å². The summed E-state index contributed by atoms with van der Waals surface area (Å²) < 4.78 is 0. The minimum atomic E-state index is 0.158. The standard InChI is InChI=1S/C15H20N4S/c1-11-5-2-3-7-14(11)20-10-13(19-17)9-12-6-4-8-18-15(12)16/h2-8,13,19H,9-10,17H2,1H3,(H2,16,18). The number of rotatable bonds is 6. The second-order valence-corrected chi connectivity index (χ2v) is 5.75. The van der Waals surface area contributed by atoms with Gasteiger partial charge < -0.3 is 5.73 Å². The molecular weight excluding hydrogens is 268 g/mol. The van der Waals surface area contributed by atoms with Crippen LogP contribution in [0.25, 0.3) is 0 Å². The van der Waals surface area contributed by atoms with Crippen molar-refractivity contribution in [3.05, 3.63) is 53.7 Å². The van der Waals surface area contributed by atoms with Gasteiger partial charge in [-0.2, -0.15) is 0 Å². The number of aromatic nitrogens is 1. The van der Waals surface area contributed by atoms with Crippen LogP contribution >= 0.6 is 11.8 Å². The molecule has 1 atom stereocenters. The number of thioether (sulfide) groups is 1. The minimum absolute atomic E-state index is 0.158. The van der Waals surface area contributed by atoms with Crippen molar-refractivity contribution >= 4 is 17.6 Å². The van der Waals surface area contributed by atoms with E-state index in [1.807, 2.05) is 18.2 Å². The van der Waals surface area contributed by atoms with Crippen molar-refractivity contribution < 1.29 is 0 Å². The second-order valence-electron chi connectivity index (χ2n) is 4.69. The van der Waals surface area contributed by atoms with Crippen LogP contribution in [0.2, 0.25) is 0 Å². The van der Waals surface area contributed by atoms with Crippen LogP contribution in [0.15, 0.2) is 47.5 Å². The Morgan fingerprint density at radius 1 is 1.25 bits per heavy atom. The van der Waals surface area contributed by atoms with Crippen molar-refractivity contribution in [1.82, 2.24) is 10.4 Å². The van der Waals surface area contributed by atoms with Crippen LogP contribution in [0.4, 0.5) is 5.82 Å². The van der Waals surface area contributed by atoms with E-state index in [2.05, 4.69) is 35.5 Å². The van der Waals surface area contributed by atoms with Gasteiger partial charge >= 0.3 is 0 Å². The van der Waals surface area contributed by atoms with Gasteiger partial charge in [-0.3, -0.25) is 11.3 Å². The van der Waals surface area contributed by atoms with E-state index in [0.29, 0.717) is 5.82 Å². The van der Waals surface area contributed by atoms with Gasteiger partial charge in [-0.1, -0.05) is 24.3 Å². The molecule has 0 saturated heterocycles. The number of nitrogen functional groups attached to an aromatic ring is 1. The fraction of sp³-hybridized carbons (Fsp3) is 0.267. The summed E-state index contributed by atoms with van der Waals surface area (Å²) in [5, 5.41) is 0. The number of nitrogens with two attached hydrogens (primary N) is 2. The van der Waals surface area contributed by atoms with E-state index in [9.17, 15) is 0 Å². The molecule has 2 aromatic rings. The summed E-state index contributed by atoms with van der Waals surface area (Å²) >= 11 is 1.80. The Balaban J connectivity index is 1.96. The molecule has 1 unspecified atom stereocenters. The lowest BCUT2D eigenvalue weighted by Crippen LogP contribution is -2.38. The van der Waals surface area contributed by atoms with Gasteiger partial charge in [0.2, 0.25) is 0 Å². The third-order valence-electron chi connectivity index (χ3n) is 3.16. The Bertz CT molecular complexity index is 559. The molecule has 0 fully saturated rings. The Morgan fingerprint density at radius 2 is 2.05 bits per heavy atom. The molecule has 0 saturated carbocycles. The maximum absolute atomic E-state index is 5.87. The highest BCUT2D eigenvalue weighted by Gasteiger charge is 2.11. The zero-order chi connectivity index (χ0) is 14.4. The Hall–Kier alpha value is -1.56. The van der Waals surface area contributed by atoms with Gasteiger partial charge in [0, 0.05) is 22.9 Å². The van der Waals surface area contributed by atoms with E-state index in [0.717, 1.165) is 17.7 Å². The number of anilines is 1. The number of hydrogen-bond acceptors (Lipinski definition) is 5. The predicted octanol–water partition coefficient (Wildman–Crippen LogP) is 2.14. The number of nitrogens with one attached hydrogen (secondary N) is 1.